The molecule has 1 atom stereocenters. The molecule has 0 heterocycles. The van der Waals surface area contributed by atoms with E-state index in [0.29, 0.717) is 23.3 Å². The molecule has 2 amide bonds. The summed E-state index contributed by atoms with van der Waals surface area (Å²) in [4.78, 5) is 26.8. The second-order valence-electron chi connectivity index (χ2n) is 7.45. The lowest BCUT2D eigenvalue weighted by Crippen LogP contribution is -2.51. The Bertz CT molecular complexity index is 1110. The van der Waals surface area contributed by atoms with Crippen LogP contribution in [0.2, 0.25) is 0 Å². The minimum absolute atomic E-state index is 0.125. The van der Waals surface area contributed by atoms with Crippen LogP contribution in [-0.4, -0.2) is 50.5 Å². The van der Waals surface area contributed by atoms with E-state index in [1.807, 2.05) is 6.92 Å². The molecular formula is C22H26F3N3O4S. The first-order chi connectivity index (χ1) is 15.5. The quantitative estimate of drug-likeness (QED) is 0.561. The molecular weight excluding hydrogens is 459 g/mol. The lowest BCUT2D eigenvalue weighted by Gasteiger charge is -2.31. The Morgan fingerprint density at radius 3 is 2.27 bits per heavy atom. The van der Waals surface area contributed by atoms with Gasteiger partial charge in [0.25, 0.3) is 0 Å². The number of benzene rings is 2. The Hall–Kier alpha value is -3.08. The zero-order chi connectivity index (χ0) is 24.8. The number of rotatable bonds is 10. The highest BCUT2D eigenvalue weighted by atomic mass is 32.2. The van der Waals surface area contributed by atoms with Crippen molar-refractivity contribution in [2.24, 2.45) is 0 Å². The van der Waals surface area contributed by atoms with E-state index in [4.69, 9.17) is 0 Å². The predicted octanol–water partition coefficient (Wildman–Crippen LogP) is 2.81. The summed E-state index contributed by atoms with van der Waals surface area (Å²) < 4.78 is 66.6. The van der Waals surface area contributed by atoms with Gasteiger partial charge in [0, 0.05) is 24.7 Å². The van der Waals surface area contributed by atoms with E-state index in [1.165, 1.54) is 25.1 Å². The first-order valence-corrected chi connectivity index (χ1v) is 12.0. The lowest BCUT2D eigenvalue weighted by molar-refractivity contribution is -0.139. The number of carbonyl (C=O) groups excluding carboxylic acids is 2. The largest absolute Gasteiger partial charge is 0.354 e. The Morgan fingerprint density at radius 2 is 1.70 bits per heavy atom. The molecule has 0 unspecified atom stereocenters. The van der Waals surface area contributed by atoms with Crippen LogP contribution in [0.5, 0.6) is 0 Å². The number of halogens is 3. The minimum atomic E-state index is -4.10. The molecule has 7 nitrogen and oxygen atoms in total. The van der Waals surface area contributed by atoms with Crippen LogP contribution in [0.25, 0.3) is 0 Å². The SMILES string of the molecule is CCCNC(=O)[C@@H](C)N(Cc1ccccc1F)C(=O)CN(c1ccc(F)c(F)c1)S(C)(=O)=O. The van der Waals surface area contributed by atoms with Crippen molar-refractivity contribution in [1.82, 2.24) is 10.2 Å². The summed E-state index contributed by atoms with van der Waals surface area (Å²) in [6.07, 6.45) is 1.46. The maximum absolute atomic E-state index is 14.3. The molecule has 180 valence electrons. The van der Waals surface area contributed by atoms with Gasteiger partial charge in [0.05, 0.1) is 11.9 Å². The number of amides is 2. The summed E-state index contributed by atoms with van der Waals surface area (Å²) in [6, 6.07) is 7.03. The molecule has 2 aromatic carbocycles. The fourth-order valence-electron chi connectivity index (χ4n) is 3.04. The van der Waals surface area contributed by atoms with Gasteiger partial charge in [-0.1, -0.05) is 25.1 Å². The highest BCUT2D eigenvalue weighted by molar-refractivity contribution is 7.92. The molecule has 0 aliphatic rings. The number of hydrogen-bond donors (Lipinski definition) is 1. The Kier molecular flexibility index (Phi) is 8.86. The van der Waals surface area contributed by atoms with Gasteiger partial charge in [-0.05, 0) is 31.5 Å². The van der Waals surface area contributed by atoms with Crippen molar-refractivity contribution in [2.75, 3.05) is 23.7 Å². The van der Waals surface area contributed by atoms with E-state index in [1.54, 1.807) is 6.07 Å². The van der Waals surface area contributed by atoms with Crippen LogP contribution in [0, 0.1) is 17.5 Å². The molecule has 11 heteroatoms. The maximum atomic E-state index is 14.3. The average Bonchev–Trinajstić information content (AvgIpc) is 2.75. The molecule has 0 aliphatic heterocycles. The molecule has 1 N–H and O–H groups in total. The fourth-order valence-corrected chi connectivity index (χ4v) is 3.88. The van der Waals surface area contributed by atoms with Crippen LogP contribution in [0.3, 0.4) is 0 Å². The number of nitrogens with one attached hydrogen (secondary N) is 1. The molecule has 0 saturated heterocycles. The summed E-state index contributed by atoms with van der Waals surface area (Å²) in [7, 11) is -4.10. The first-order valence-electron chi connectivity index (χ1n) is 10.2. The summed E-state index contributed by atoms with van der Waals surface area (Å²) in [6.45, 7) is 2.53. The van der Waals surface area contributed by atoms with Gasteiger partial charge in [-0.3, -0.25) is 13.9 Å². The van der Waals surface area contributed by atoms with Crippen LogP contribution < -0.4 is 9.62 Å². The van der Waals surface area contributed by atoms with Crippen LogP contribution in [0.1, 0.15) is 25.8 Å². The molecule has 0 bridgehead atoms. The third-order valence-corrected chi connectivity index (χ3v) is 6.03. The van der Waals surface area contributed by atoms with Crippen molar-refractivity contribution in [3.63, 3.8) is 0 Å². The molecule has 0 fully saturated rings. The smallest absolute Gasteiger partial charge is 0.244 e. The second kappa shape index (κ2) is 11.2. The first kappa shape index (κ1) is 26.2. The fraction of sp³-hybridized carbons (Fsp3) is 0.364. The summed E-state index contributed by atoms with van der Waals surface area (Å²) in [5.74, 6) is -4.39. The van der Waals surface area contributed by atoms with E-state index >= 15 is 0 Å². The van der Waals surface area contributed by atoms with Crippen molar-refractivity contribution in [1.29, 1.82) is 0 Å². The monoisotopic (exact) mass is 485 g/mol. The molecule has 0 aromatic heterocycles. The topological polar surface area (TPSA) is 86.8 Å². The summed E-state index contributed by atoms with van der Waals surface area (Å²) >= 11 is 0. The van der Waals surface area contributed by atoms with Gasteiger partial charge >= 0.3 is 0 Å². The zero-order valence-electron chi connectivity index (χ0n) is 18.5. The second-order valence-corrected chi connectivity index (χ2v) is 9.35. The highest BCUT2D eigenvalue weighted by Crippen LogP contribution is 2.22. The standard InChI is InChI=1S/C22H26F3N3O4S/c1-4-11-26-22(30)15(2)27(13-16-7-5-6-8-18(16)23)21(29)14-28(33(3,31)32)17-9-10-19(24)20(25)12-17/h5-10,12,15H,4,11,13-14H2,1-3H3,(H,26,30)/t15-/m1/s1. The van der Waals surface area contributed by atoms with Crippen molar-refractivity contribution < 1.29 is 31.2 Å². The van der Waals surface area contributed by atoms with Gasteiger partial charge in [-0.15, -0.1) is 0 Å². The van der Waals surface area contributed by atoms with Crippen LogP contribution in [0.4, 0.5) is 18.9 Å². The van der Waals surface area contributed by atoms with Gasteiger partial charge in [-0.2, -0.15) is 0 Å². The molecule has 33 heavy (non-hydrogen) atoms. The normalized spacial score (nSPS) is 12.2. The average molecular weight is 486 g/mol. The Morgan fingerprint density at radius 1 is 1.03 bits per heavy atom. The van der Waals surface area contributed by atoms with Crippen LogP contribution in [0.15, 0.2) is 42.5 Å². The van der Waals surface area contributed by atoms with Crippen molar-refractivity contribution in [3.8, 4) is 0 Å². The highest BCUT2D eigenvalue weighted by Gasteiger charge is 2.30. The van der Waals surface area contributed by atoms with Gasteiger partial charge in [0.2, 0.25) is 21.8 Å². The summed E-state index contributed by atoms with van der Waals surface area (Å²) in [5.41, 5.74) is -0.140. The van der Waals surface area contributed by atoms with Gasteiger partial charge in [0.1, 0.15) is 18.4 Å². The van der Waals surface area contributed by atoms with Gasteiger partial charge in [-0.25, -0.2) is 21.6 Å². The molecule has 0 radical (unpaired) electrons. The number of carbonyl (C=O) groups is 2. The minimum Gasteiger partial charge on any atom is -0.354 e. The lowest BCUT2D eigenvalue weighted by atomic mass is 10.1. The molecule has 0 saturated carbocycles. The predicted molar refractivity (Wildman–Crippen MR) is 118 cm³/mol. The summed E-state index contributed by atoms with van der Waals surface area (Å²) in [5, 5.41) is 2.65. The van der Waals surface area contributed by atoms with Crippen LogP contribution >= 0.6 is 0 Å². The molecule has 0 spiro atoms. The molecule has 0 aliphatic carbocycles. The molecule has 2 aromatic rings. The van der Waals surface area contributed by atoms with Crippen LogP contribution in [-0.2, 0) is 26.2 Å². The van der Waals surface area contributed by atoms with Gasteiger partial charge in [0.15, 0.2) is 11.6 Å². The van der Waals surface area contributed by atoms with E-state index in [-0.39, 0.29) is 17.8 Å². The number of anilines is 1. The van der Waals surface area contributed by atoms with E-state index < -0.39 is 51.9 Å². The zero-order valence-corrected chi connectivity index (χ0v) is 19.3. The van der Waals surface area contributed by atoms with E-state index in [9.17, 15) is 31.2 Å². The number of hydrogen-bond acceptors (Lipinski definition) is 4. The third kappa shape index (κ3) is 6.95. The Labute approximate surface area is 191 Å². The maximum Gasteiger partial charge on any atom is 0.244 e. The third-order valence-electron chi connectivity index (χ3n) is 4.89. The number of nitrogens with zero attached hydrogens (tertiary/aromatic N) is 2. The van der Waals surface area contributed by atoms with E-state index in [0.717, 1.165) is 23.3 Å². The van der Waals surface area contributed by atoms with E-state index in [2.05, 4.69) is 5.32 Å². The molecule has 2 rings (SSSR count). The number of sulfonamides is 1. The Balaban J connectivity index is 2.40. The van der Waals surface area contributed by atoms with Crippen molar-refractivity contribution >= 4 is 27.5 Å². The van der Waals surface area contributed by atoms with Crippen molar-refractivity contribution in [3.05, 3.63) is 65.5 Å². The van der Waals surface area contributed by atoms with Crippen molar-refractivity contribution in [2.45, 2.75) is 32.9 Å². The van der Waals surface area contributed by atoms with Gasteiger partial charge < -0.3 is 10.2 Å².